The Morgan fingerprint density at radius 1 is 0.267 bits per heavy atom. The molecule has 0 rings (SSSR count). The van der Waals surface area contributed by atoms with Crippen LogP contribution in [0.1, 0.15) is 278 Å². The lowest BCUT2D eigenvalue weighted by Crippen LogP contribution is -2.30. The zero-order valence-corrected chi connectivity index (χ0v) is 66.6. The number of phosphoric ester groups is 2. The molecule has 18 heteroatoms. The molecular weight excluding hydrogens is 1360 g/mol. The van der Waals surface area contributed by atoms with Crippen LogP contribution in [-0.2, 0) is 55.8 Å². The van der Waals surface area contributed by atoms with Gasteiger partial charge >= 0.3 is 33.6 Å². The number of aliphatic hydroxyl groups is 2. The van der Waals surface area contributed by atoms with Gasteiger partial charge in [0, 0.05) is 19.3 Å². The maximum atomic E-state index is 13.0. The van der Waals surface area contributed by atoms with Crippen molar-refractivity contribution >= 4 is 33.6 Å². The van der Waals surface area contributed by atoms with Crippen LogP contribution in [0.4, 0.5) is 0 Å². The highest BCUT2D eigenvalue weighted by Gasteiger charge is 2.29. The van der Waals surface area contributed by atoms with E-state index in [1.807, 2.05) is 0 Å². The second kappa shape index (κ2) is 78.0. The van der Waals surface area contributed by atoms with E-state index < -0.39 is 91.5 Å². The van der Waals surface area contributed by atoms with Crippen molar-refractivity contribution in [2.24, 2.45) is 0 Å². The summed E-state index contributed by atoms with van der Waals surface area (Å²) in [6, 6.07) is 0. The van der Waals surface area contributed by atoms with E-state index in [-0.39, 0.29) is 19.3 Å². The van der Waals surface area contributed by atoms with Crippen LogP contribution in [0.25, 0.3) is 0 Å². The molecule has 0 aromatic rings. The van der Waals surface area contributed by atoms with Gasteiger partial charge in [-0.05, 0) is 161 Å². The molecular formula is C87H140O16P2. The van der Waals surface area contributed by atoms with Crippen LogP contribution < -0.4 is 0 Å². The summed E-state index contributed by atoms with van der Waals surface area (Å²) in [5.74, 6) is -1.63. The van der Waals surface area contributed by atoms with Crippen molar-refractivity contribution in [3.63, 3.8) is 0 Å². The average Bonchev–Trinajstić information content (AvgIpc) is 0.923. The quantitative estimate of drug-likeness (QED) is 0.0146. The zero-order chi connectivity index (χ0) is 76.6. The van der Waals surface area contributed by atoms with Gasteiger partial charge in [0.2, 0.25) is 0 Å². The summed E-state index contributed by atoms with van der Waals surface area (Å²) in [6.45, 7) is 2.27. The number of aliphatic hydroxyl groups excluding tert-OH is 2. The van der Waals surface area contributed by atoms with Gasteiger partial charge in [-0.1, -0.05) is 292 Å². The van der Waals surface area contributed by atoms with E-state index in [1.54, 1.807) is 0 Å². The highest BCUT2D eigenvalue weighted by molar-refractivity contribution is 7.47. The number of hydrogen-bond donors (Lipinski definition) is 4. The van der Waals surface area contributed by atoms with Crippen LogP contribution >= 0.6 is 15.6 Å². The van der Waals surface area contributed by atoms with Crippen molar-refractivity contribution in [3.8, 4) is 0 Å². The molecule has 0 radical (unpaired) electrons. The molecule has 0 fully saturated rings. The Hall–Kier alpha value is -5.61. The van der Waals surface area contributed by atoms with Gasteiger partial charge in [-0.25, -0.2) is 9.13 Å². The highest BCUT2D eigenvalue weighted by Crippen LogP contribution is 2.45. The fraction of sp³-hybridized carbons (Fsp3) is 0.598. The second-order valence-corrected chi connectivity index (χ2v) is 28.6. The van der Waals surface area contributed by atoms with E-state index in [2.05, 4.69) is 215 Å². The average molecular weight is 1500 g/mol. The fourth-order valence-electron chi connectivity index (χ4n) is 9.86. The molecule has 105 heavy (non-hydrogen) atoms. The van der Waals surface area contributed by atoms with Crippen molar-refractivity contribution in [3.05, 3.63) is 194 Å². The number of carbonyl (C=O) groups excluding carboxylic acids is 3. The Bertz CT molecular complexity index is 2690. The fourth-order valence-corrected chi connectivity index (χ4v) is 11.4. The van der Waals surface area contributed by atoms with E-state index in [1.165, 1.54) is 0 Å². The minimum absolute atomic E-state index is 0.0763. The van der Waals surface area contributed by atoms with E-state index in [0.717, 1.165) is 218 Å². The number of unbranched alkanes of at least 4 members (excludes halogenated alkanes) is 18. The van der Waals surface area contributed by atoms with E-state index in [9.17, 15) is 43.5 Å². The Morgan fingerprint density at radius 2 is 0.476 bits per heavy atom. The molecule has 0 heterocycles. The van der Waals surface area contributed by atoms with Crippen molar-refractivity contribution < 1.29 is 75.8 Å². The number of esters is 3. The smallest absolute Gasteiger partial charge is 0.463 e. The molecule has 16 nitrogen and oxygen atoms in total. The van der Waals surface area contributed by atoms with Gasteiger partial charge in [-0.3, -0.25) is 32.5 Å². The molecule has 0 saturated heterocycles. The third-order valence-electron chi connectivity index (χ3n) is 15.8. The molecule has 0 aromatic heterocycles. The predicted molar refractivity (Wildman–Crippen MR) is 435 cm³/mol. The van der Waals surface area contributed by atoms with Gasteiger partial charge in [-0.15, -0.1) is 0 Å². The standard InChI is InChI=1S/C87H140O16P2/c1-4-7-10-13-16-19-22-25-28-31-34-36-38-40-42-44-47-49-52-55-58-61-64-67-70-73-85(90)97-76-82(88)77-99-104(93,94)100-78-83(89)79-101-105(95,96)102-81-84(103-87(92)75-72-69-66-63-60-57-54-51-46-33-30-27-24-21-18-15-12-9-6-3)80-98-86(91)74-71-68-65-62-59-56-53-50-48-45-43-41-39-37-35-32-29-26-23-20-17-14-11-8-5-2/h7-12,16-21,25-30,34-37,40-43,46-51,82-84,88-89H,4-6,13-15,22-24,31-33,38-39,44-45,52-81H2,1-3H3,(H,93,94)(H,95,96)/b10-7-,11-8-,12-9-,19-16-,20-17-,21-18-,28-25-,29-26-,30-27-,36-34-,37-35-,42-40-,43-41-,49-47-,50-48-,51-46-. The first kappa shape index (κ1) is 99.4. The molecule has 0 aliphatic carbocycles. The summed E-state index contributed by atoms with van der Waals surface area (Å²) in [7, 11) is -9.82. The predicted octanol–water partition coefficient (Wildman–Crippen LogP) is 23.5. The number of hydrogen-bond acceptors (Lipinski definition) is 14. The molecule has 0 spiro atoms. The topological polar surface area (TPSA) is 231 Å². The van der Waals surface area contributed by atoms with Gasteiger partial charge in [-0.2, -0.15) is 0 Å². The molecule has 0 amide bonds. The number of rotatable bonds is 73. The van der Waals surface area contributed by atoms with Crippen LogP contribution in [0.2, 0.25) is 0 Å². The zero-order valence-electron chi connectivity index (χ0n) is 64.8. The monoisotopic (exact) mass is 1500 g/mol. The third-order valence-corrected chi connectivity index (χ3v) is 17.7. The normalized spacial score (nSPS) is 15.0. The molecule has 0 bridgehead atoms. The molecule has 0 saturated carbocycles. The van der Waals surface area contributed by atoms with Crippen molar-refractivity contribution in [1.29, 1.82) is 0 Å². The van der Waals surface area contributed by atoms with Crippen LogP contribution in [-0.4, -0.2) is 95.9 Å². The molecule has 5 atom stereocenters. The minimum Gasteiger partial charge on any atom is -0.463 e. The Labute approximate surface area is 636 Å². The maximum Gasteiger partial charge on any atom is 0.472 e. The number of phosphoric acid groups is 2. The van der Waals surface area contributed by atoms with E-state index in [4.69, 9.17) is 32.3 Å². The van der Waals surface area contributed by atoms with Crippen LogP contribution in [0, 0.1) is 0 Å². The lowest BCUT2D eigenvalue weighted by molar-refractivity contribution is -0.161. The SMILES string of the molecule is CC/C=C\C/C=C\C/C=C\C/C=C\C/C=C\C/C=C\CCCCCCCCC(=O)OCC(O)COP(=O)(O)OCC(O)COP(=O)(O)OCC(COC(=O)CCCCCCCC/C=C\C/C=C\C/C=C\C/C=C\C/C=C\C/C=C\CC)OC(=O)CCCCCCCC/C=C\C/C=C\C/C=C\C/C=C\CC. The van der Waals surface area contributed by atoms with Crippen LogP contribution in [0.5, 0.6) is 0 Å². The highest BCUT2D eigenvalue weighted by atomic mass is 31.2. The lowest BCUT2D eigenvalue weighted by atomic mass is 10.1. The third kappa shape index (κ3) is 79.3. The Balaban J connectivity index is 4.74. The largest absolute Gasteiger partial charge is 0.472 e. The number of allylic oxidation sites excluding steroid dienone is 32. The molecule has 0 aliphatic rings. The van der Waals surface area contributed by atoms with Crippen molar-refractivity contribution in [2.75, 3.05) is 39.6 Å². The van der Waals surface area contributed by atoms with E-state index >= 15 is 0 Å². The lowest BCUT2D eigenvalue weighted by Gasteiger charge is -2.21. The van der Waals surface area contributed by atoms with Gasteiger partial charge in [0.1, 0.15) is 25.4 Å². The molecule has 594 valence electrons. The van der Waals surface area contributed by atoms with E-state index in [0.29, 0.717) is 19.3 Å². The summed E-state index contributed by atoms with van der Waals surface area (Å²) >= 11 is 0. The summed E-state index contributed by atoms with van der Waals surface area (Å²) in [5, 5.41) is 20.6. The molecule has 0 aliphatic heterocycles. The summed E-state index contributed by atoms with van der Waals surface area (Å²) < 4.78 is 61.2. The first-order valence-corrected chi connectivity index (χ1v) is 42.7. The first-order chi connectivity index (χ1) is 51.2. The first-order valence-electron chi connectivity index (χ1n) is 39.7. The van der Waals surface area contributed by atoms with Gasteiger partial charge in [0.25, 0.3) is 0 Å². The van der Waals surface area contributed by atoms with Gasteiger partial charge < -0.3 is 34.2 Å². The Morgan fingerprint density at radius 3 is 0.752 bits per heavy atom. The van der Waals surface area contributed by atoms with Crippen molar-refractivity contribution in [2.45, 2.75) is 296 Å². The van der Waals surface area contributed by atoms with Crippen LogP contribution in [0.15, 0.2) is 194 Å². The van der Waals surface area contributed by atoms with Gasteiger partial charge in [0.15, 0.2) is 6.10 Å². The minimum atomic E-state index is -4.95. The number of carbonyl (C=O) groups is 3. The van der Waals surface area contributed by atoms with Crippen LogP contribution in [0.3, 0.4) is 0 Å². The Kier molecular flexibility index (Phi) is 73.8. The second-order valence-electron chi connectivity index (χ2n) is 25.7. The molecule has 5 unspecified atom stereocenters. The summed E-state index contributed by atoms with van der Waals surface area (Å²) in [6.07, 6.45) is 102. The summed E-state index contributed by atoms with van der Waals surface area (Å²) in [4.78, 5) is 58.8. The van der Waals surface area contributed by atoms with Crippen molar-refractivity contribution in [1.82, 2.24) is 0 Å². The molecule has 0 aromatic carbocycles. The maximum absolute atomic E-state index is 13.0. The number of ether oxygens (including phenoxy) is 3. The van der Waals surface area contributed by atoms with Gasteiger partial charge in [0.05, 0.1) is 26.4 Å². The molecule has 4 N–H and O–H groups in total. The summed E-state index contributed by atoms with van der Waals surface area (Å²) in [5.41, 5.74) is 0.